The van der Waals surface area contributed by atoms with Crippen LogP contribution in [0.1, 0.15) is 30.9 Å². The van der Waals surface area contributed by atoms with E-state index in [0.29, 0.717) is 11.9 Å². The maximum absolute atomic E-state index is 5.74. The van der Waals surface area contributed by atoms with Crippen molar-refractivity contribution in [3.8, 4) is 0 Å². The van der Waals surface area contributed by atoms with Crippen LogP contribution in [0.2, 0.25) is 0 Å². The Bertz CT molecular complexity index is 368. The summed E-state index contributed by atoms with van der Waals surface area (Å²) in [6.45, 7) is 9.59. The quantitative estimate of drug-likeness (QED) is 0.475. The van der Waals surface area contributed by atoms with Gasteiger partial charge in [0.2, 0.25) is 0 Å². The number of rotatable bonds is 5. The van der Waals surface area contributed by atoms with Crippen LogP contribution in [-0.2, 0) is 6.42 Å². The normalized spacial score (nSPS) is 11.5. The van der Waals surface area contributed by atoms with Gasteiger partial charge in [-0.15, -0.1) is 24.0 Å². The average molecular weight is 366 g/mol. The van der Waals surface area contributed by atoms with Crippen LogP contribution in [0.15, 0.2) is 9.52 Å². The largest absolute Gasteiger partial charge is 0.370 e. The van der Waals surface area contributed by atoms with E-state index >= 15 is 0 Å². The number of nitrogens with one attached hydrogen (secondary N) is 1. The Morgan fingerprint density at radius 1 is 1.44 bits per heavy atom. The lowest BCUT2D eigenvalue weighted by Gasteiger charge is -2.06. The second-order valence-electron chi connectivity index (χ2n) is 4.60. The van der Waals surface area contributed by atoms with Crippen LogP contribution in [0.3, 0.4) is 0 Å². The summed E-state index contributed by atoms with van der Waals surface area (Å²) >= 11 is 0. The van der Waals surface area contributed by atoms with Gasteiger partial charge in [0.05, 0.1) is 5.69 Å². The van der Waals surface area contributed by atoms with Crippen LogP contribution < -0.4 is 11.1 Å². The second-order valence-corrected chi connectivity index (χ2v) is 4.60. The van der Waals surface area contributed by atoms with Gasteiger partial charge in [-0.05, 0) is 26.2 Å². The molecule has 0 aliphatic carbocycles. The first-order valence-electron chi connectivity index (χ1n) is 5.96. The Labute approximate surface area is 126 Å². The monoisotopic (exact) mass is 366 g/mol. The van der Waals surface area contributed by atoms with Crippen LogP contribution in [0.4, 0.5) is 0 Å². The van der Waals surface area contributed by atoms with E-state index in [-0.39, 0.29) is 24.0 Å². The van der Waals surface area contributed by atoms with Crippen LogP contribution >= 0.6 is 24.0 Å². The molecule has 3 N–H and O–H groups in total. The van der Waals surface area contributed by atoms with Crippen LogP contribution in [0.25, 0.3) is 0 Å². The second kappa shape index (κ2) is 8.34. The molecule has 104 valence electrons. The first kappa shape index (κ1) is 17.2. The van der Waals surface area contributed by atoms with E-state index in [1.165, 1.54) is 0 Å². The summed E-state index contributed by atoms with van der Waals surface area (Å²) in [6.07, 6.45) is 0.846. The molecule has 0 radical (unpaired) electrons. The molecule has 0 saturated heterocycles. The van der Waals surface area contributed by atoms with E-state index in [0.717, 1.165) is 36.5 Å². The highest BCUT2D eigenvalue weighted by atomic mass is 127. The van der Waals surface area contributed by atoms with Crippen LogP contribution in [0.5, 0.6) is 0 Å². The fraction of sp³-hybridized carbons (Fsp3) is 0.667. The molecule has 0 fully saturated rings. The SMILES string of the molecule is Cc1noc(C)c1CCNC(N)=NCC(C)C.I. The van der Waals surface area contributed by atoms with Crippen molar-refractivity contribution in [3.63, 3.8) is 0 Å². The van der Waals surface area contributed by atoms with Gasteiger partial charge < -0.3 is 15.6 Å². The molecule has 5 nitrogen and oxygen atoms in total. The van der Waals surface area contributed by atoms with Gasteiger partial charge in [-0.2, -0.15) is 0 Å². The molecule has 0 aliphatic heterocycles. The molecule has 6 heteroatoms. The van der Waals surface area contributed by atoms with Crippen LogP contribution in [-0.4, -0.2) is 24.2 Å². The smallest absolute Gasteiger partial charge is 0.188 e. The summed E-state index contributed by atoms with van der Waals surface area (Å²) < 4.78 is 5.09. The number of hydrogen-bond acceptors (Lipinski definition) is 3. The molecule has 1 aromatic heterocycles. The summed E-state index contributed by atoms with van der Waals surface area (Å²) in [5, 5.41) is 7.00. The molecule has 1 rings (SSSR count). The van der Waals surface area contributed by atoms with Gasteiger partial charge in [0.15, 0.2) is 5.96 Å². The molecule has 0 aromatic carbocycles. The van der Waals surface area contributed by atoms with Crippen molar-refractivity contribution in [1.29, 1.82) is 0 Å². The fourth-order valence-corrected chi connectivity index (χ4v) is 1.51. The summed E-state index contributed by atoms with van der Waals surface area (Å²) in [5.74, 6) is 1.91. The number of aliphatic imine (C=N–C) groups is 1. The minimum atomic E-state index is 0. The minimum Gasteiger partial charge on any atom is -0.370 e. The Kier molecular flexibility index (Phi) is 7.97. The molecule has 0 bridgehead atoms. The number of aryl methyl sites for hydroxylation is 2. The van der Waals surface area contributed by atoms with Gasteiger partial charge >= 0.3 is 0 Å². The van der Waals surface area contributed by atoms with Gasteiger partial charge in [0, 0.05) is 18.7 Å². The third kappa shape index (κ3) is 5.70. The van der Waals surface area contributed by atoms with Gasteiger partial charge in [-0.3, -0.25) is 4.99 Å². The van der Waals surface area contributed by atoms with Crippen LogP contribution in [0, 0.1) is 19.8 Å². The Hall–Kier alpha value is -0.790. The average Bonchev–Trinajstić information content (AvgIpc) is 2.57. The molecule has 0 saturated carbocycles. The van der Waals surface area contributed by atoms with Crippen molar-refractivity contribution in [2.75, 3.05) is 13.1 Å². The topological polar surface area (TPSA) is 76.4 Å². The van der Waals surface area contributed by atoms with E-state index in [1.807, 2.05) is 13.8 Å². The maximum atomic E-state index is 5.74. The van der Waals surface area contributed by atoms with E-state index in [1.54, 1.807) is 0 Å². The Morgan fingerprint density at radius 3 is 2.61 bits per heavy atom. The van der Waals surface area contributed by atoms with Crippen molar-refractivity contribution in [2.45, 2.75) is 34.1 Å². The molecule has 18 heavy (non-hydrogen) atoms. The molecule has 1 aromatic rings. The number of nitrogens with two attached hydrogens (primary N) is 1. The molecule has 0 unspecified atom stereocenters. The lowest BCUT2D eigenvalue weighted by Crippen LogP contribution is -2.33. The molecular formula is C12H23IN4O. The zero-order chi connectivity index (χ0) is 12.8. The summed E-state index contributed by atoms with van der Waals surface area (Å²) in [4.78, 5) is 4.23. The van der Waals surface area contributed by atoms with Crippen molar-refractivity contribution in [1.82, 2.24) is 10.5 Å². The predicted octanol–water partition coefficient (Wildman–Crippen LogP) is 2.01. The van der Waals surface area contributed by atoms with Gasteiger partial charge in [0.1, 0.15) is 5.76 Å². The highest BCUT2D eigenvalue weighted by molar-refractivity contribution is 14.0. The number of nitrogens with zero attached hydrogens (tertiary/aromatic N) is 2. The molecule has 0 atom stereocenters. The third-order valence-electron chi connectivity index (χ3n) is 2.49. The number of hydrogen-bond donors (Lipinski definition) is 2. The summed E-state index contributed by atoms with van der Waals surface area (Å²) in [6, 6.07) is 0. The molecule has 0 aliphatic rings. The first-order chi connectivity index (χ1) is 8.00. The van der Waals surface area contributed by atoms with E-state index < -0.39 is 0 Å². The van der Waals surface area contributed by atoms with Gasteiger partial charge in [-0.25, -0.2) is 0 Å². The zero-order valence-electron chi connectivity index (χ0n) is 11.5. The van der Waals surface area contributed by atoms with E-state index in [2.05, 4.69) is 29.3 Å². The number of aromatic nitrogens is 1. The lowest BCUT2D eigenvalue weighted by molar-refractivity contribution is 0.392. The zero-order valence-corrected chi connectivity index (χ0v) is 13.8. The number of halogens is 1. The predicted molar refractivity (Wildman–Crippen MR) is 84.4 cm³/mol. The van der Waals surface area contributed by atoms with Crippen molar-refractivity contribution in [2.24, 2.45) is 16.6 Å². The Balaban J connectivity index is 0.00000289. The molecule has 1 heterocycles. The molecule has 0 amide bonds. The molecular weight excluding hydrogens is 343 g/mol. The van der Waals surface area contributed by atoms with E-state index in [9.17, 15) is 0 Å². The van der Waals surface area contributed by atoms with Crippen molar-refractivity contribution in [3.05, 3.63) is 17.0 Å². The maximum Gasteiger partial charge on any atom is 0.188 e. The minimum absolute atomic E-state index is 0. The Morgan fingerprint density at radius 2 is 2.11 bits per heavy atom. The first-order valence-corrected chi connectivity index (χ1v) is 5.96. The van der Waals surface area contributed by atoms with Crippen molar-refractivity contribution >= 4 is 29.9 Å². The van der Waals surface area contributed by atoms with Gasteiger partial charge in [-0.1, -0.05) is 19.0 Å². The fourth-order valence-electron chi connectivity index (χ4n) is 1.51. The lowest BCUT2D eigenvalue weighted by atomic mass is 10.1. The highest BCUT2D eigenvalue weighted by Crippen LogP contribution is 2.11. The standard InChI is InChI=1S/C12H22N4O.HI/c1-8(2)7-15-12(13)14-6-5-11-9(3)16-17-10(11)4;/h8H,5-7H2,1-4H3,(H3,13,14,15);1H. The highest BCUT2D eigenvalue weighted by Gasteiger charge is 2.07. The van der Waals surface area contributed by atoms with Crippen molar-refractivity contribution < 1.29 is 4.52 Å². The summed E-state index contributed by atoms with van der Waals surface area (Å²) in [7, 11) is 0. The summed E-state index contributed by atoms with van der Waals surface area (Å²) in [5.41, 5.74) is 7.83. The van der Waals surface area contributed by atoms with E-state index in [4.69, 9.17) is 10.3 Å². The van der Waals surface area contributed by atoms with Gasteiger partial charge in [0.25, 0.3) is 0 Å². The number of guanidine groups is 1. The molecule has 0 spiro atoms. The third-order valence-corrected chi connectivity index (χ3v) is 2.49.